The zero-order valence-corrected chi connectivity index (χ0v) is 18.4. The summed E-state index contributed by atoms with van der Waals surface area (Å²) in [5.74, 6) is 0.551. The number of hydrogen-bond acceptors (Lipinski definition) is 4. The molecule has 164 valence electrons. The molecular formula is C24H20ClN7O. The van der Waals surface area contributed by atoms with Gasteiger partial charge in [-0.15, -0.1) is 0 Å². The van der Waals surface area contributed by atoms with Crippen molar-refractivity contribution in [3.8, 4) is 0 Å². The summed E-state index contributed by atoms with van der Waals surface area (Å²) in [5, 5.41) is 9.76. The number of rotatable bonds is 3. The van der Waals surface area contributed by atoms with Crippen molar-refractivity contribution in [2.75, 3.05) is 6.54 Å². The van der Waals surface area contributed by atoms with E-state index in [0.717, 1.165) is 28.1 Å². The van der Waals surface area contributed by atoms with Crippen molar-refractivity contribution < 1.29 is 4.79 Å². The fourth-order valence-corrected chi connectivity index (χ4v) is 5.12. The number of fused-ring (bicyclic) bond motifs is 3. The molecule has 0 spiro atoms. The third kappa shape index (κ3) is 2.90. The molecule has 1 atom stereocenters. The van der Waals surface area contributed by atoms with E-state index in [1.165, 1.54) is 18.4 Å². The van der Waals surface area contributed by atoms with E-state index >= 15 is 0 Å². The summed E-state index contributed by atoms with van der Waals surface area (Å²) >= 11 is 6.36. The van der Waals surface area contributed by atoms with Crippen LogP contribution in [0.15, 0.2) is 55.1 Å². The van der Waals surface area contributed by atoms with Crippen molar-refractivity contribution in [3.05, 3.63) is 88.5 Å². The molecule has 2 aliphatic rings. The zero-order valence-electron chi connectivity index (χ0n) is 17.6. The number of H-pyrrole nitrogens is 1. The third-order valence-corrected chi connectivity index (χ3v) is 7.03. The third-order valence-electron chi connectivity index (χ3n) is 6.74. The number of imidazole rings is 1. The van der Waals surface area contributed by atoms with E-state index in [1.54, 1.807) is 23.1 Å². The zero-order chi connectivity index (χ0) is 22.1. The van der Waals surface area contributed by atoms with Gasteiger partial charge in [-0.25, -0.2) is 14.0 Å². The molecule has 0 aromatic carbocycles. The van der Waals surface area contributed by atoms with Gasteiger partial charge in [-0.2, -0.15) is 10.2 Å². The standard InChI is InChI=1S/C24H20ClN7O/c25-21-3-1-2-16-10-19(29-32(16)21)23-22-18(26-13-27-22)8-9-30(23)24(33)17-11-28-31-12-15(14-4-5-14)6-7-20(17)31/h1-3,6-7,10-14,23H,4-5,8-9H2,(H,26,27). The minimum absolute atomic E-state index is 0.0778. The van der Waals surface area contributed by atoms with Gasteiger partial charge in [-0.3, -0.25) is 4.79 Å². The maximum absolute atomic E-state index is 13.9. The van der Waals surface area contributed by atoms with Gasteiger partial charge in [0.05, 0.1) is 40.5 Å². The minimum atomic E-state index is -0.413. The summed E-state index contributed by atoms with van der Waals surface area (Å²) in [4.78, 5) is 23.5. The number of pyridine rings is 2. The predicted octanol–water partition coefficient (Wildman–Crippen LogP) is 4.02. The van der Waals surface area contributed by atoms with Crippen LogP contribution in [0, 0.1) is 0 Å². The van der Waals surface area contributed by atoms with Gasteiger partial charge in [0.2, 0.25) is 0 Å². The molecule has 0 radical (unpaired) electrons. The van der Waals surface area contributed by atoms with Crippen molar-refractivity contribution in [3.63, 3.8) is 0 Å². The molecule has 1 unspecified atom stereocenters. The van der Waals surface area contributed by atoms with Crippen molar-refractivity contribution in [1.82, 2.24) is 34.1 Å². The van der Waals surface area contributed by atoms with Crippen LogP contribution in [-0.2, 0) is 6.42 Å². The van der Waals surface area contributed by atoms with Gasteiger partial charge >= 0.3 is 0 Å². The van der Waals surface area contributed by atoms with Crippen LogP contribution >= 0.6 is 11.6 Å². The number of aromatic amines is 1. The lowest BCUT2D eigenvalue weighted by Crippen LogP contribution is -2.41. The van der Waals surface area contributed by atoms with Gasteiger partial charge in [0.15, 0.2) is 0 Å². The highest BCUT2D eigenvalue weighted by Crippen LogP contribution is 2.40. The van der Waals surface area contributed by atoms with Gasteiger partial charge in [0.25, 0.3) is 5.91 Å². The topological polar surface area (TPSA) is 83.6 Å². The fraction of sp³-hybridized carbons (Fsp3) is 0.250. The Labute approximate surface area is 193 Å². The molecule has 0 bridgehead atoms. The molecule has 0 saturated heterocycles. The Bertz CT molecular complexity index is 1540. The molecule has 1 aliphatic carbocycles. The molecule has 9 heteroatoms. The van der Waals surface area contributed by atoms with E-state index < -0.39 is 6.04 Å². The Hall–Kier alpha value is -3.65. The Morgan fingerprint density at radius 2 is 2.09 bits per heavy atom. The molecular weight excluding hydrogens is 438 g/mol. The van der Waals surface area contributed by atoms with E-state index in [9.17, 15) is 4.79 Å². The van der Waals surface area contributed by atoms with Crippen LogP contribution in [0.1, 0.15) is 57.8 Å². The maximum Gasteiger partial charge on any atom is 0.258 e. The lowest BCUT2D eigenvalue weighted by Gasteiger charge is -2.33. The molecule has 33 heavy (non-hydrogen) atoms. The molecule has 1 aliphatic heterocycles. The number of amides is 1. The average Bonchev–Trinajstić information content (AvgIpc) is 3.22. The van der Waals surface area contributed by atoms with Crippen LogP contribution in [0.3, 0.4) is 0 Å². The molecule has 5 aromatic heterocycles. The predicted molar refractivity (Wildman–Crippen MR) is 123 cm³/mol. The molecule has 1 N–H and O–H groups in total. The van der Waals surface area contributed by atoms with Crippen molar-refractivity contribution in [1.29, 1.82) is 0 Å². The number of nitrogens with one attached hydrogen (secondary N) is 1. The van der Waals surface area contributed by atoms with Gasteiger partial charge in [0.1, 0.15) is 11.2 Å². The maximum atomic E-state index is 13.9. The first-order chi connectivity index (χ1) is 16.2. The summed E-state index contributed by atoms with van der Waals surface area (Å²) in [7, 11) is 0. The summed E-state index contributed by atoms with van der Waals surface area (Å²) in [6.07, 6.45) is 8.56. The van der Waals surface area contributed by atoms with Crippen molar-refractivity contribution in [2.45, 2.75) is 31.2 Å². The molecule has 1 amide bonds. The normalized spacial score (nSPS) is 18.2. The average molecular weight is 458 g/mol. The number of nitrogens with zero attached hydrogens (tertiary/aromatic N) is 6. The molecule has 1 fully saturated rings. The highest BCUT2D eigenvalue weighted by atomic mass is 35.5. The number of aromatic nitrogens is 6. The minimum Gasteiger partial charge on any atom is -0.348 e. The van der Waals surface area contributed by atoms with E-state index in [-0.39, 0.29) is 5.91 Å². The first kappa shape index (κ1) is 18.9. The van der Waals surface area contributed by atoms with Crippen molar-refractivity contribution >= 4 is 28.5 Å². The van der Waals surface area contributed by atoms with Crippen LogP contribution in [0.4, 0.5) is 0 Å². The molecule has 5 aromatic rings. The van der Waals surface area contributed by atoms with Gasteiger partial charge in [-0.1, -0.05) is 23.7 Å². The van der Waals surface area contributed by atoms with Crippen LogP contribution in [0.5, 0.6) is 0 Å². The first-order valence-electron chi connectivity index (χ1n) is 11.1. The van der Waals surface area contributed by atoms with Crippen LogP contribution in [-0.4, -0.2) is 46.5 Å². The van der Waals surface area contributed by atoms with Gasteiger partial charge in [-0.05, 0) is 48.6 Å². The quantitative estimate of drug-likeness (QED) is 0.415. The fourth-order valence-electron chi connectivity index (χ4n) is 4.91. The Morgan fingerprint density at radius 3 is 2.94 bits per heavy atom. The summed E-state index contributed by atoms with van der Waals surface area (Å²) in [6, 6.07) is 11.3. The summed E-state index contributed by atoms with van der Waals surface area (Å²) in [6.45, 7) is 0.553. The molecule has 6 heterocycles. The molecule has 7 rings (SSSR count). The second kappa shape index (κ2) is 6.92. The lowest BCUT2D eigenvalue weighted by molar-refractivity contribution is 0.0689. The summed E-state index contributed by atoms with van der Waals surface area (Å²) in [5.41, 5.74) is 6.14. The number of hydrogen-bond donors (Lipinski definition) is 1. The van der Waals surface area contributed by atoms with Gasteiger partial charge in [0, 0.05) is 24.9 Å². The second-order valence-electron chi connectivity index (χ2n) is 8.80. The Morgan fingerprint density at radius 1 is 1.18 bits per heavy atom. The van der Waals surface area contributed by atoms with Crippen LogP contribution in [0.25, 0.3) is 11.0 Å². The van der Waals surface area contributed by atoms with E-state index in [1.807, 2.05) is 39.9 Å². The smallest absolute Gasteiger partial charge is 0.258 e. The van der Waals surface area contributed by atoms with Crippen LogP contribution < -0.4 is 0 Å². The van der Waals surface area contributed by atoms with E-state index in [4.69, 9.17) is 16.7 Å². The van der Waals surface area contributed by atoms with E-state index in [0.29, 0.717) is 29.6 Å². The monoisotopic (exact) mass is 457 g/mol. The van der Waals surface area contributed by atoms with Gasteiger partial charge < -0.3 is 9.88 Å². The number of carbonyl (C=O) groups is 1. The Balaban J connectivity index is 1.33. The molecule has 8 nitrogen and oxygen atoms in total. The SMILES string of the molecule is O=C(c1cnn2cc(C3CC3)ccc12)N1CCc2[nH]cnc2C1c1cc2cccc(Cl)n2n1. The number of carbonyl (C=O) groups excluding carboxylic acids is 1. The highest BCUT2D eigenvalue weighted by molar-refractivity contribution is 6.29. The van der Waals surface area contributed by atoms with Crippen LogP contribution in [0.2, 0.25) is 5.15 Å². The summed E-state index contributed by atoms with van der Waals surface area (Å²) < 4.78 is 3.51. The lowest BCUT2D eigenvalue weighted by atomic mass is 9.98. The molecule has 1 saturated carbocycles. The second-order valence-corrected chi connectivity index (χ2v) is 9.18. The Kier molecular flexibility index (Phi) is 3.96. The largest absolute Gasteiger partial charge is 0.348 e. The number of halogens is 1. The van der Waals surface area contributed by atoms with E-state index in [2.05, 4.69) is 21.1 Å². The first-order valence-corrected chi connectivity index (χ1v) is 11.5. The van der Waals surface area contributed by atoms with Crippen molar-refractivity contribution in [2.24, 2.45) is 0 Å². The highest BCUT2D eigenvalue weighted by Gasteiger charge is 2.37.